The van der Waals surface area contributed by atoms with Gasteiger partial charge in [0.2, 0.25) is 5.88 Å². The largest absolute Gasteiger partial charge is 0.481 e. The monoisotopic (exact) mass is 180 g/mol. The molecule has 0 radical (unpaired) electrons. The van der Waals surface area contributed by atoms with Gasteiger partial charge in [0, 0.05) is 5.56 Å². The Kier molecular flexibility index (Phi) is 2.95. The summed E-state index contributed by atoms with van der Waals surface area (Å²) < 4.78 is 5.03. The smallest absolute Gasteiger partial charge is 0.216 e. The minimum atomic E-state index is 0.404. The number of pyridine rings is 1. The number of rotatable bonds is 3. The van der Waals surface area contributed by atoms with Gasteiger partial charge in [-0.2, -0.15) is 0 Å². The molecule has 0 aliphatic rings. The summed E-state index contributed by atoms with van der Waals surface area (Å²) in [5.41, 5.74) is 1.91. The molecule has 1 rings (SSSR count). The van der Waals surface area contributed by atoms with E-state index in [9.17, 15) is 4.91 Å². The molecule has 0 fully saturated rings. The Bertz CT molecular complexity index is 324. The molecule has 0 N–H and O–H groups in total. The van der Waals surface area contributed by atoms with Crippen molar-refractivity contribution in [1.29, 1.82) is 0 Å². The topological polar surface area (TPSA) is 51.6 Å². The molecule has 0 saturated heterocycles. The first-order chi connectivity index (χ1) is 6.22. The van der Waals surface area contributed by atoms with Crippen molar-refractivity contribution in [2.24, 2.45) is 5.18 Å². The maximum atomic E-state index is 10.4. The molecular formula is C9H12N2O2. The molecule has 13 heavy (non-hydrogen) atoms. The third-order valence-corrected chi connectivity index (χ3v) is 1.85. The second-order valence-electron chi connectivity index (χ2n) is 2.73. The first-order valence-electron chi connectivity index (χ1n) is 4.10. The average Bonchev–Trinajstić information content (AvgIpc) is 2.17. The fraction of sp³-hybridized carbons (Fsp3) is 0.444. The minimum absolute atomic E-state index is 0.404. The highest BCUT2D eigenvalue weighted by molar-refractivity contribution is 5.47. The van der Waals surface area contributed by atoms with E-state index in [1.54, 1.807) is 13.2 Å². The highest BCUT2D eigenvalue weighted by Gasteiger charge is 2.08. The molecule has 0 atom stereocenters. The van der Waals surface area contributed by atoms with Gasteiger partial charge in [0.05, 0.1) is 12.8 Å². The van der Waals surface area contributed by atoms with Crippen LogP contribution in [0.25, 0.3) is 0 Å². The fourth-order valence-corrected chi connectivity index (χ4v) is 1.16. The summed E-state index contributed by atoms with van der Waals surface area (Å²) in [5.74, 6) is 0.559. The summed E-state index contributed by atoms with van der Waals surface area (Å²) in [6.45, 7) is 3.76. The van der Waals surface area contributed by atoms with Gasteiger partial charge in [-0.25, -0.2) is 4.98 Å². The third kappa shape index (κ3) is 1.83. The van der Waals surface area contributed by atoms with Crippen molar-refractivity contribution in [3.8, 4) is 5.88 Å². The highest BCUT2D eigenvalue weighted by atomic mass is 16.5. The Labute approximate surface area is 76.9 Å². The summed E-state index contributed by atoms with van der Waals surface area (Å²) in [7, 11) is 1.56. The molecule has 1 aromatic heterocycles. The lowest BCUT2D eigenvalue weighted by Crippen LogP contribution is -1.95. The first-order valence-corrected chi connectivity index (χ1v) is 4.10. The average molecular weight is 180 g/mol. The molecule has 0 bridgehead atoms. The molecule has 4 heteroatoms. The van der Waals surface area contributed by atoms with E-state index in [-0.39, 0.29) is 0 Å². The molecule has 0 aliphatic carbocycles. The van der Waals surface area contributed by atoms with Crippen molar-refractivity contribution >= 4 is 5.69 Å². The highest BCUT2D eigenvalue weighted by Crippen LogP contribution is 2.24. The number of aryl methyl sites for hydroxylation is 2. The van der Waals surface area contributed by atoms with Gasteiger partial charge in [-0.3, -0.25) is 0 Å². The quantitative estimate of drug-likeness (QED) is 0.671. The van der Waals surface area contributed by atoms with Crippen molar-refractivity contribution in [3.63, 3.8) is 0 Å². The summed E-state index contributed by atoms with van der Waals surface area (Å²) in [6.07, 6.45) is 0.678. The second-order valence-corrected chi connectivity index (χ2v) is 2.73. The Hall–Kier alpha value is -1.45. The van der Waals surface area contributed by atoms with Crippen LogP contribution < -0.4 is 4.74 Å². The number of methoxy groups -OCH3 is 1. The van der Waals surface area contributed by atoms with Crippen molar-refractivity contribution in [2.45, 2.75) is 20.3 Å². The molecule has 0 saturated carbocycles. The van der Waals surface area contributed by atoms with Crippen LogP contribution in [0.4, 0.5) is 5.69 Å². The molecular weight excluding hydrogens is 168 g/mol. The van der Waals surface area contributed by atoms with Gasteiger partial charge >= 0.3 is 0 Å². The van der Waals surface area contributed by atoms with E-state index in [0.717, 1.165) is 5.56 Å². The Morgan fingerprint density at radius 3 is 2.77 bits per heavy atom. The standard InChI is InChI=1S/C9H12N2O2/c1-4-7-8(11-12)5-6(2)9(10-7)13-3/h5H,4H2,1-3H3. The Morgan fingerprint density at radius 2 is 2.31 bits per heavy atom. The predicted octanol–water partition coefficient (Wildman–Crippen LogP) is 2.36. The van der Waals surface area contributed by atoms with Crippen molar-refractivity contribution in [2.75, 3.05) is 7.11 Å². The number of ether oxygens (including phenoxy) is 1. The van der Waals surface area contributed by atoms with Crippen LogP contribution in [0.2, 0.25) is 0 Å². The van der Waals surface area contributed by atoms with E-state index in [0.29, 0.717) is 23.7 Å². The van der Waals surface area contributed by atoms with Crippen molar-refractivity contribution in [1.82, 2.24) is 4.98 Å². The van der Waals surface area contributed by atoms with Crippen LogP contribution in [0.5, 0.6) is 5.88 Å². The molecule has 1 heterocycles. The van der Waals surface area contributed by atoms with Crippen LogP contribution in [0, 0.1) is 11.8 Å². The number of nitrogens with zero attached hydrogens (tertiary/aromatic N) is 2. The molecule has 4 nitrogen and oxygen atoms in total. The lowest BCUT2D eigenvalue weighted by atomic mass is 10.2. The molecule has 0 spiro atoms. The zero-order chi connectivity index (χ0) is 9.84. The summed E-state index contributed by atoms with van der Waals surface area (Å²) >= 11 is 0. The van der Waals surface area contributed by atoms with E-state index in [4.69, 9.17) is 4.74 Å². The zero-order valence-electron chi connectivity index (χ0n) is 8.00. The van der Waals surface area contributed by atoms with Gasteiger partial charge in [0.1, 0.15) is 5.69 Å². The number of nitroso groups, excluding NO2 is 1. The second kappa shape index (κ2) is 3.98. The van der Waals surface area contributed by atoms with Crippen LogP contribution in [0.3, 0.4) is 0 Å². The molecule has 0 unspecified atom stereocenters. The maximum absolute atomic E-state index is 10.4. The zero-order valence-corrected chi connectivity index (χ0v) is 8.00. The van der Waals surface area contributed by atoms with Crippen LogP contribution in [-0.4, -0.2) is 12.1 Å². The molecule has 1 aromatic rings. The Balaban J connectivity index is 3.26. The van der Waals surface area contributed by atoms with Crippen LogP contribution in [0.1, 0.15) is 18.2 Å². The van der Waals surface area contributed by atoms with Gasteiger partial charge in [-0.15, -0.1) is 4.91 Å². The fourth-order valence-electron chi connectivity index (χ4n) is 1.16. The molecule has 0 amide bonds. The van der Waals surface area contributed by atoms with Gasteiger partial charge < -0.3 is 4.74 Å². The Morgan fingerprint density at radius 1 is 1.62 bits per heavy atom. The lowest BCUT2D eigenvalue weighted by molar-refractivity contribution is 0.393. The molecule has 0 aromatic carbocycles. The van der Waals surface area contributed by atoms with Gasteiger partial charge in [-0.1, -0.05) is 6.92 Å². The SMILES string of the molecule is CCc1nc(OC)c(C)cc1N=O. The first kappa shape index (κ1) is 9.64. The van der Waals surface area contributed by atoms with Crippen molar-refractivity contribution < 1.29 is 4.74 Å². The molecule has 70 valence electrons. The number of aromatic nitrogens is 1. The van der Waals surface area contributed by atoms with E-state index >= 15 is 0 Å². The van der Waals surface area contributed by atoms with Crippen LogP contribution in [-0.2, 0) is 6.42 Å². The number of hydrogen-bond acceptors (Lipinski definition) is 4. The van der Waals surface area contributed by atoms with E-state index in [1.807, 2.05) is 13.8 Å². The molecule has 0 aliphatic heterocycles. The van der Waals surface area contributed by atoms with Gasteiger partial charge in [-0.05, 0) is 24.6 Å². The van der Waals surface area contributed by atoms with E-state index in [2.05, 4.69) is 10.2 Å². The summed E-state index contributed by atoms with van der Waals surface area (Å²) in [6, 6.07) is 1.69. The van der Waals surface area contributed by atoms with Crippen LogP contribution >= 0.6 is 0 Å². The van der Waals surface area contributed by atoms with E-state index in [1.165, 1.54) is 0 Å². The maximum Gasteiger partial charge on any atom is 0.216 e. The van der Waals surface area contributed by atoms with Gasteiger partial charge in [0.25, 0.3) is 0 Å². The normalized spacial score (nSPS) is 9.77. The summed E-state index contributed by atoms with van der Waals surface area (Å²) in [4.78, 5) is 14.6. The third-order valence-electron chi connectivity index (χ3n) is 1.85. The van der Waals surface area contributed by atoms with Gasteiger partial charge in [0.15, 0.2) is 0 Å². The van der Waals surface area contributed by atoms with Crippen molar-refractivity contribution in [3.05, 3.63) is 22.2 Å². The lowest BCUT2D eigenvalue weighted by Gasteiger charge is -2.06. The van der Waals surface area contributed by atoms with E-state index < -0.39 is 0 Å². The summed E-state index contributed by atoms with van der Waals surface area (Å²) in [5, 5.41) is 2.91. The number of hydrogen-bond donors (Lipinski definition) is 0. The van der Waals surface area contributed by atoms with Crippen LogP contribution in [0.15, 0.2) is 11.2 Å². The minimum Gasteiger partial charge on any atom is -0.481 e. The predicted molar refractivity (Wildman–Crippen MR) is 50.4 cm³/mol.